The zero-order chi connectivity index (χ0) is 15.5. The van der Waals surface area contributed by atoms with Crippen LogP contribution in [0.15, 0.2) is 52.7 Å². The number of hydrogen-bond donors (Lipinski definition) is 2. The third-order valence-corrected chi connectivity index (χ3v) is 3.13. The molecule has 0 radical (unpaired) electrons. The van der Waals surface area contributed by atoms with Crippen LogP contribution in [0.5, 0.6) is 0 Å². The first-order valence-corrected chi connectivity index (χ1v) is 6.54. The zero-order valence-corrected chi connectivity index (χ0v) is 11.7. The lowest BCUT2D eigenvalue weighted by atomic mass is 10.1. The molecule has 2 aromatic carbocycles. The summed E-state index contributed by atoms with van der Waals surface area (Å²) in [5.41, 5.74) is 3.17. The van der Waals surface area contributed by atoms with E-state index in [9.17, 15) is 9.59 Å². The van der Waals surface area contributed by atoms with E-state index in [1.807, 2.05) is 36.4 Å². The van der Waals surface area contributed by atoms with Crippen LogP contribution in [0.3, 0.4) is 0 Å². The van der Waals surface area contributed by atoms with Crippen molar-refractivity contribution in [3.8, 4) is 0 Å². The Morgan fingerprint density at radius 2 is 2.00 bits per heavy atom. The van der Waals surface area contributed by atoms with Gasteiger partial charge < -0.3 is 0 Å². The average molecular weight is 296 g/mol. The van der Waals surface area contributed by atoms with Gasteiger partial charge in [0, 0.05) is 5.39 Å². The molecule has 0 aromatic heterocycles. The molecule has 2 N–H and O–H groups in total. The predicted molar refractivity (Wildman–Crippen MR) is 82.7 cm³/mol. The third-order valence-electron chi connectivity index (χ3n) is 3.13. The molecule has 110 valence electrons. The maximum atomic E-state index is 11.8. The lowest BCUT2D eigenvalue weighted by Crippen LogP contribution is -2.23. The van der Waals surface area contributed by atoms with Crippen LogP contribution in [0.25, 0.3) is 10.8 Å². The van der Waals surface area contributed by atoms with Gasteiger partial charge >= 0.3 is 6.09 Å². The average Bonchev–Trinajstić information content (AvgIpc) is 2.84. The van der Waals surface area contributed by atoms with Gasteiger partial charge in [-0.1, -0.05) is 41.6 Å². The van der Waals surface area contributed by atoms with E-state index in [0.717, 1.165) is 10.8 Å². The molecule has 2 aromatic rings. The number of carbonyl (C=O) groups excluding carboxylic acids is 2. The van der Waals surface area contributed by atoms with Crippen molar-refractivity contribution in [1.29, 1.82) is 0 Å². The lowest BCUT2D eigenvalue weighted by Gasteiger charge is -2.06. The number of oxime groups is 1. The molecule has 0 unspecified atom stereocenters. The summed E-state index contributed by atoms with van der Waals surface area (Å²) in [4.78, 5) is 27.9. The number of nitrogens with zero attached hydrogens (tertiary/aromatic N) is 2. The molecule has 2 amide bonds. The molecular weight excluding hydrogens is 284 g/mol. The van der Waals surface area contributed by atoms with Crippen LogP contribution in [0.2, 0.25) is 0 Å². The van der Waals surface area contributed by atoms with Crippen molar-refractivity contribution in [2.24, 2.45) is 10.3 Å². The highest BCUT2D eigenvalue weighted by atomic mass is 16.7. The van der Waals surface area contributed by atoms with E-state index in [2.05, 4.69) is 21.0 Å². The van der Waals surface area contributed by atoms with Gasteiger partial charge in [0.05, 0.1) is 11.4 Å². The van der Waals surface area contributed by atoms with Gasteiger partial charge in [-0.15, -0.1) is 0 Å². The van der Waals surface area contributed by atoms with Gasteiger partial charge in [0.15, 0.2) is 5.71 Å². The summed E-state index contributed by atoms with van der Waals surface area (Å²) in [6, 6.07) is 13.1. The SMILES string of the molecule is CC1=NNC(=O)/C1=N/OC(=O)Nc1cccc2ccccc12. The molecular formula is C15H12N4O3. The summed E-state index contributed by atoms with van der Waals surface area (Å²) in [6.07, 6.45) is -0.781. The molecule has 3 rings (SSSR count). The molecule has 1 aliphatic rings. The number of hydrogen-bond acceptors (Lipinski definition) is 5. The van der Waals surface area contributed by atoms with Crippen LogP contribution >= 0.6 is 0 Å². The minimum atomic E-state index is -0.781. The van der Waals surface area contributed by atoms with Crippen molar-refractivity contribution >= 4 is 39.9 Å². The normalized spacial score (nSPS) is 15.6. The lowest BCUT2D eigenvalue weighted by molar-refractivity contribution is -0.114. The second kappa shape index (κ2) is 5.65. The largest absolute Gasteiger partial charge is 0.437 e. The summed E-state index contributed by atoms with van der Waals surface area (Å²) in [5, 5.41) is 11.7. The third kappa shape index (κ3) is 2.64. The highest BCUT2D eigenvalue weighted by Crippen LogP contribution is 2.22. The molecule has 0 aliphatic carbocycles. The summed E-state index contributed by atoms with van der Waals surface area (Å²) in [7, 11) is 0. The molecule has 0 spiro atoms. The Hall–Kier alpha value is -3.22. The Labute approximate surface area is 125 Å². The van der Waals surface area contributed by atoms with Crippen molar-refractivity contribution in [1.82, 2.24) is 5.43 Å². The van der Waals surface area contributed by atoms with Crippen molar-refractivity contribution in [2.45, 2.75) is 6.92 Å². The second-order valence-corrected chi connectivity index (χ2v) is 4.61. The summed E-state index contributed by atoms with van der Waals surface area (Å²) in [6.45, 7) is 1.59. The molecule has 7 nitrogen and oxygen atoms in total. The van der Waals surface area contributed by atoms with Crippen LogP contribution in [0, 0.1) is 0 Å². The van der Waals surface area contributed by atoms with Crippen molar-refractivity contribution < 1.29 is 14.4 Å². The number of nitrogens with one attached hydrogen (secondary N) is 2. The minimum absolute atomic E-state index is 0.0203. The molecule has 0 saturated heterocycles. The Balaban J connectivity index is 1.75. The summed E-state index contributed by atoms with van der Waals surface area (Å²) in [5.74, 6) is -0.504. The van der Waals surface area contributed by atoms with Gasteiger partial charge in [-0.2, -0.15) is 5.10 Å². The quantitative estimate of drug-likeness (QED) is 0.657. The number of benzene rings is 2. The molecule has 0 saturated carbocycles. The molecule has 0 fully saturated rings. The van der Waals surface area contributed by atoms with E-state index in [1.54, 1.807) is 13.0 Å². The number of anilines is 1. The van der Waals surface area contributed by atoms with Gasteiger partial charge in [0.2, 0.25) is 0 Å². The van der Waals surface area contributed by atoms with Crippen LogP contribution in [-0.2, 0) is 9.63 Å². The van der Waals surface area contributed by atoms with E-state index in [0.29, 0.717) is 11.4 Å². The van der Waals surface area contributed by atoms with Crippen LogP contribution < -0.4 is 10.7 Å². The number of fused-ring (bicyclic) bond motifs is 1. The van der Waals surface area contributed by atoms with Gasteiger partial charge in [-0.3, -0.25) is 14.9 Å². The van der Waals surface area contributed by atoms with E-state index >= 15 is 0 Å². The van der Waals surface area contributed by atoms with Crippen LogP contribution in [-0.4, -0.2) is 23.4 Å². The van der Waals surface area contributed by atoms with Crippen LogP contribution in [0.4, 0.5) is 10.5 Å². The van der Waals surface area contributed by atoms with Gasteiger partial charge in [-0.25, -0.2) is 10.2 Å². The maximum Gasteiger partial charge on any atom is 0.437 e. The zero-order valence-electron chi connectivity index (χ0n) is 11.7. The Kier molecular flexibility index (Phi) is 3.53. The molecule has 7 heteroatoms. The Morgan fingerprint density at radius 3 is 2.77 bits per heavy atom. The van der Waals surface area contributed by atoms with Crippen molar-refractivity contribution in [3.05, 3.63) is 42.5 Å². The first-order valence-electron chi connectivity index (χ1n) is 6.54. The fourth-order valence-corrected chi connectivity index (χ4v) is 2.07. The van der Waals surface area contributed by atoms with Crippen molar-refractivity contribution in [3.63, 3.8) is 0 Å². The predicted octanol–water partition coefficient (Wildman–Crippen LogP) is 2.25. The standard InChI is InChI=1S/C15H12N4O3/c1-9-13(14(20)18-17-9)19-22-15(21)16-12-8-4-6-10-5-2-3-7-11(10)12/h2-8H,1H3,(H,16,21)(H,18,19,20). The van der Waals surface area contributed by atoms with Crippen LogP contribution in [0.1, 0.15) is 6.92 Å². The Morgan fingerprint density at radius 1 is 1.23 bits per heavy atom. The van der Waals surface area contributed by atoms with Gasteiger partial charge in [-0.05, 0) is 18.4 Å². The summed E-state index contributed by atoms with van der Waals surface area (Å²) < 4.78 is 0. The van der Waals surface area contributed by atoms with Gasteiger partial charge in [0.1, 0.15) is 0 Å². The van der Waals surface area contributed by atoms with E-state index in [-0.39, 0.29) is 5.71 Å². The first kappa shape index (κ1) is 13.7. The Bertz CT molecular complexity index is 821. The van der Waals surface area contributed by atoms with E-state index < -0.39 is 12.0 Å². The van der Waals surface area contributed by atoms with E-state index in [4.69, 9.17) is 4.84 Å². The summed E-state index contributed by atoms with van der Waals surface area (Å²) >= 11 is 0. The number of amides is 2. The van der Waals surface area contributed by atoms with E-state index in [1.165, 1.54) is 0 Å². The molecule has 1 heterocycles. The molecule has 22 heavy (non-hydrogen) atoms. The fraction of sp³-hybridized carbons (Fsp3) is 0.0667. The first-order chi connectivity index (χ1) is 10.6. The molecule has 0 bridgehead atoms. The smallest absolute Gasteiger partial charge is 0.297 e. The second-order valence-electron chi connectivity index (χ2n) is 4.61. The fourth-order valence-electron chi connectivity index (χ4n) is 2.07. The number of carbonyl (C=O) groups is 2. The van der Waals surface area contributed by atoms with Crippen molar-refractivity contribution in [2.75, 3.05) is 5.32 Å². The number of hydrazone groups is 1. The maximum absolute atomic E-state index is 11.8. The molecule has 0 atom stereocenters. The monoisotopic (exact) mass is 296 g/mol. The number of rotatable bonds is 2. The minimum Gasteiger partial charge on any atom is -0.297 e. The highest BCUT2D eigenvalue weighted by molar-refractivity contribution is 6.68. The highest BCUT2D eigenvalue weighted by Gasteiger charge is 2.22. The topological polar surface area (TPSA) is 92.2 Å². The van der Waals surface area contributed by atoms with Gasteiger partial charge in [0.25, 0.3) is 5.91 Å². The molecule has 1 aliphatic heterocycles.